The first-order valence-corrected chi connectivity index (χ1v) is 12.7. The van der Waals surface area contributed by atoms with Gasteiger partial charge in [-0.25, -0.2) is 0 Å². The molecule has 0 aromatic rings. The van der Waals surface area contributed by atoms with E-state index in [1.165, 1.54) is 77.0 Å². The van der Waals surface area contributed by atoms with Crippen LogP contribution in [0.2, 0.25) is 0 Å². The Morgan fingerprint density at radius 3 is 1.50 bits per heavy atom. The molecule has 0 aliphatic heterocycles. The number of carbonyl (C=O) groups excluding carboxylic acids is 3. The van der Waals surface area contributed by atoms with Gasteiger partial charge in [-0.1, -0.05) is 96.8 Å². The summed E-state index contributed by atoms with van der Waals surface area (Å²) in [5, 5.41) is 17.7. The van der Waals surface area contributed by atoms with E-state index in [4.69, 9.17) is 14.9 Å². The molecule has 2 N–H and O–H groups in total. The summed E-state index contributed by atoms with van der Waals surface area (Å²) >= 11 is 0. The molecule has 0 saturated carbocycles. The van der Waals surface area contributed by atoms with Crippen LogP contribution in [0.3, 0.4) is 0 Å². The van der Waals surface area contributed by atoms with Crippen molar-refractivity contribution in [2.75, 3.05) is 13.2 Å². The van der Waals surface area contributed by atoms with Crippen molar-refractivity contribution in [2.45, 2.75) is 129 Å². The van der Waals surface area contributed by atoms with E-state index in [2.05, 4.69) is 11.7 Å². The van der Waals surface area contributed by atoms with Crippen molar-refractivity contribution < 1.29 is 34.1 Å². The van der Waals surface area contributed by atoms with Crippen LogP contribution in [0.5, 0.6) is 0 Å². The Hall–Kier alpha value is -1.47. The van der Waals surface area contributed by atoms with E-state index in [9.17, 15) is 14.4 Å². The molecule has 0 amide bonds. The van der Waals surface area contributed by atoms with Crippen LogP contribution < -0.4 is 0 Å². The average molecular weight is 459 g/mol. The average Bonchev–Trinajstić information content (AvgIpc) is 2.78. The maximum atomic E-state index is 11.7. The van der Waals surface area contributed by atoms with E-state index in [1.807, 2.05) is 0 Å². The van der Waals surface area contributed by atoms with Gasteiger partial charge in [-0.05, 0) is 6.42 Å². The number of aliphatic hydroxyl groups excluding tert-OH is 2. The smallest absolute Gasteiger partial charge is 0.314 e. The minimum Gasteiger partial charge on any atom is -0.463 e. The number of unbranched alkanes of at least 4 members (excludes halogenated alkanes) is 14. The van der Waals surface area contributed by atoms with Gasteiger partial charge in [-0.3, -0.25) is 14.4 Å². The minimum absolute atomic E-state index is 0.205. The molecule has 0 aliphatic rings. The minimum atomic E-state index is -1.14. The van der Waals surface area contributed by atoms with Gasteiger partial charge in [0.05, 0.1) is 19.4 Å². The van der Waals surface area contributed by atoms with Gasteiger partial charge in [-0.2, -0.15) is 0 Å². The fourth-order valence-electron chi connectivity index (χ4n) is 3.39. The first kappa shape index (κ1) is 30.5. The first-order valence-electron chi connectivity index (χ1n) is 12.7. The Kier molecular flexibility index (Phi) is 21.7. The van der Waals surface area contributed by atoms with E-state index < -0.39 is 30.6 Å². The standard InChI is InChI=1S/C25H46O7/c1-2-3-4-5-6-7-8-9-10-11-12-13-14-15-16-17-24(29)32-25(30)19-18-23(28)31-21-22(27)20-26/h22,26-27H,2-21H2,1H3. The summed E-state index contributed by atoms with van der Waals surface area (Å²) < 4.78 is 9.36. The Balaban J connectivity index is 3.42. The molecule has 0 spiro atoms. The topological polar surface area (TPSA) is 110 Å². The second kappa shape index (κ2) is 22.7. The van der Waals surface area contributed by atoms with E-state index >= 15 is 0 Å². The molecule has 0 aromatic heterocycles. The van der Waals surface area contributed by atoms with Gasteiger partial charge < -0.3 is 19.7 Å². The summed E-state index contributed by atoms with van der Waals surface area (Å²) in [4.78, 5) is 34.6. The molecule has 0 bridgehead atoms. The third-order valence-corrected chi connectivity index (χ3v) is 5.39. The van der Waals surface area contributed by atoms with Crippen LogP contribution in [-0.4, -0.2) is 47.4 Å². The van der Waals surface area contributed by atoms with Crippen LogP contribution in [0, 0.1) is 0 Å². The predicted molar refractivity (Wildman–Crippen MR) is 124 cm³/mol. The molecule has 7 nitrogen and oxygen atoms in total. The van der Waals surface area contributed by atoms with E-state index in [1.54, 1.807) is 0 Å². The van der Waals surface area contributed by atoms with Gasteiger partial charge in [0.15, 0.2) is 0 Å². The van der Waals surface area contributed by atoms with Crippen molar-refractivity contribution in [3.63, 3.8) is 0 Å². The molecule has 0 aromatic carbocycles. The lowest BCUT2D eigenvalue weighted by atomic mass is 10.0. The van der Waals surface area contributed by atoms with Crippen molar-refractivity contribution in [3.05, 3.63) is 0 Å². The molecule has 0 heterocycles. The maximum absolute atomic E-state index is 11.7. The zero-order chi connectivity index (χ0) is 23.9. The van der Waals surface area contributed by atoms with Crippen molar-refractivity contribution in [2.24, 2.45) is 0 Å². The molecule has 32 heavy (non-hydrogen) atoms. The molecule has 0 radical (unpaired) electrons. The zero-order valence-corrected chi connectivity index (χ0v) is 20.2. The number of hydrogen-bond donors (Lipinski definition) is 2. The highest BCUT2D eigenvalue weighted by atomic mass is 16.6. The molecular weight excluding hydrogens is 412 g/mol. The fourth-order valence-corrected chi connectivity index (χ4v) is 3.39. The van der Waals surface area contributed by atoms with Crippen molar-refractivity contribution >= 4 is 17.9 Å². The van der Waals surface area contributed by atoms with E-state index in [0.29, 0.717) is 6.42 Å². The van der Waals surface area contributed by atoms with Gasteiger partial charge in [0.25, 0.3) is 0 Å². The van der Waals surface area contributed by atoms with Gasteiger partial charge >= 0.3 is 17.9 Å². The lowest BCUT2D eigenvalue weighted by molar-refractivity contribution is -0.162. The summed E-state index contributed by atoms with van der Waals surface area (Å²) in [5.74, 6) is -2.01. The molecule has 0 fully saturated rings. The molecule has 1 unspecified atom stereocenters. The van der Waals surface area contributed by atoms with Crippen molar-refractivity contribution in [1.29, 1.82) is 0 Å². The van der Waals surface area contributed by atoms with Gasteiger partial charge in [0, 0.05) is 6.42 Å². The summed E-state index contributed by atoms with van der Waals surface area (Å²) in [7, 11) is 0. The number of hydrogen-bond acceptors (Lipinski definition) is 7. The molecule has 0 saturated heterocycles. The van der Waals surface area contributed by atoms with Gasteiger partial charge in [0.2, 0.25) is 0 Å². The van der Waals surface area contributed by atoms with E-state index in [0.717, 1.165) is 12.8 Å². The quantitative estimate of drug-likeness (QED) is 0.133. The number of rotatable bonds is 22. The highest BCUT2D eigenvalue weighted by molar-refractivity contribution is 5.87. The van der Waals surface area contributed by atoms with Crippen LogP contribution in [-0.2, 0) is 23.9 Å². The van der Waals surface area contributed by atoms with Crippen molar-refractivity contribution in [1.82, 2.24) is 0 Å². The number of esters is 3. The summed E-state index contributed by atoms with van der Waals surface area (Å²) in [6.07, 6.45) is 17.3. The third-order valence-electron chi connectivity index (χ3n) is 5.39. The highest BCUT2D eigenvalue weighted by Crippen LogP contribution is 2.14. The number of carbonyl (C=O) groups is 3. The second-order valence-electron chi connectivity index (χ2n) is 8.57. The van der Waals surface area contributed by atoms with Gasteiger partial charge in [0.1, 0.15) is 12.7 Å². The highest BCUT2D eigenvalue weighted by Gasteiger charge is 2.14. The molecule has 7 heteroatoms. The Bertz CT molecular complexity index is 479. The Labute approximate surface area is 194 Å². The second-order valence-corrected chi connectivity index (χ2v) is 8.57. The molecule has 1 atom stereocenters. The summed E-state index contributed by atoms with van der Waals surface area (Å²) in [6.45, 7) is 1.41. The Morgan fingerprint density at radius 2 is 1.03 bits per heavy atom. The normalized spacial score (nSPS) is 11.8. The molecular formula is C25H46O7. The summed E-state index contributed by atoms with van der Waals surface area (Å²) in [6, 6.07) is 0. The van der Waals surface area contributed by atoms with Crippen LogP contribution in [0.15, 0.2) is 0 Å². The summed E-state index contributed by atoms with van der Waals surface area (Å²) in [5.41, 5.74) is 0. The van der Waals surface area contributed by atoms with Crippen LogP contribution in [0.4, 0.5) is 0 Å². The lowest BCUT2D eigenvalue weighted by Crippen LogP contribution is -2.22. The van der Waals surface area contributed by atoms with Gasteiger partial charge in [-0.15, -0.1) is 0 Å². The van der Waals surface area contributed by atoms with E-state index in [-0.39, 0.29) is 25.9 Å². The Morgan fingerprint density at radius 1 is 0.625 bits per heavy atom. The largest absolute Gasteiger partial charge is 0.463 e. The first-order chi connectivity index (χ1) is 15.5. The fraction of sp³-hybridized carbons (Fsp3) is 0.880. The monoisotopic (exact) mass is 458 g/mol. The zero-order valence-electron chi connectivity index (χ0n) is 20.2. The predicted octanol–water partition coefficient (Wildman–Crippen LogP) is 4.99. The maximum Gasteiger partial charge on any atom is 0.314 e. The number of ether oxygens (including phenoxy) is 2. The third kappa shape index (κ3) is 21.8. The van der Waals surface area contributed by atoms with Crippen molar-refractivity contribution in [3.8, 4) is 0 Å². The molecule has 0 rings (SSSR count). The lowest BCUT2D eigenvalue weighted by Gasteiger charge is -2.08. The molecule has 188 valence electrons. The van der Waals surface area contributed by atoms with Crippen LogP contribution in [0.25, 0.3) is 0 Å². The van der Waals surface area contributed by atoms with Crippen LogP contribution in [0.1, 0.15) is 122 Å². The van der Waals surface area contributed by atoms with Crippen LogP contribution >= 0.6 is 0 Å². The SMILES string of the molecule is CCCCCCCCCCCCCCCCCC(=O)OC(=O)CCC(=O)OCC(O)CO. The molecule has 0 aliphatic carbocycles. The number of aliphatic hydroxyl groups is 2.